The minimum atomic E-state index is -0.106. The molecule has 8 aromatic rings. The van der Waals surface area contributed by atoms with E-state index in [1.54, 1.807) is 0 Å². The summed E-state index contributed by atoms with van der Waals surface area (Å²) in [5, 5.41) is 2.50. The molecule has 0 amide bonds. The lowest BCUT2D eigenvalue weighted by Crippen LogP contribution is -2.16. The summed E-state index contributed by atoms with van der Waals surface area (Å²) in [7, 11) is 0. The van der Waals surface area contributed by atoms with Gasteiger partial charge in [0.1, 0.15) is 11.9 Å². The van der Waals surface area contributed by atoms with Crippen LogP contribution in [0.4, 0.5) is 17.1 Å². The predicted molar refractivity (Wildman–Crippen MR) is 238 cm³/mol. The molecule has 0 bridgehead atoms. The molecule has 1 aliphatic heterocycles. The standard InChI is InChI=1S/C55H41NO/c1-55(2)50-18-10-8-16-46(50)47-32-30-43(35-51(47)55)56(41-26-20-36(21-27-41)40-25-33-53-49(34-40)48-17-9-11-19-52(48)57-53)42-28-22-38(23-29-42)45-31-24-37-12-6-7-15-44(37)54(45)39-13-4-3-5-14-39/h3-35,48,52H,1-2H3. The van der Waals surface area contributed by atoms with Gasteiger partial charge in [-0.3, -0.25) is 0 Å². The molecule has 3 aliphatic rings. The van der Waals surface area contributed by atoms with Crippen molar-refractivity contribution in [3.05, 3.63) is 217 Å². The smallest absolute Gasteiger partial charge is 0.128 e. The summed E-state index contributed by atoms with van der Waals surface area (Å²) in [6.45, 7) is 4.71. The van der Waals surface area contributed by atoms with Crippen LogP contribution in [0, 0.1) is 0 Å². The zero-order valence-corrected chi connectivity index (χ0v) is 32.1. The van der Waals surface area contributed by atoms with Gasteiger partial charge in [-0.15, -0.1) is 0 Å². The first-order chi connectivity index (χ1) is 28.0. The molecular weight excluding hydrogens is 691 g/mol. The lowest BCUT2D eigenvalue weighted by molar-refractivity contribution is 0.269. The second kappa shape index (κ2) is 13.1. The third-order valence-corrected chi connectivity index (χ3v) is 12.4. The number of ether oxygens (including phenoxy) is 1. The van der Waals surface area contributed by atoms with Gasteiger partial charge in [0, 0.05) is 34.0 Å². The molecule has 0 N–H and O–H groups in total. The van der Waals surface area contributed by atoms with Crippen molar-refractivity contribution in [1.29, 1.82) is 0 Å². The Balaban J connectivity index is 1.01. The van der Waals surface area contributed by atoms with Crippen molar-refractivity contribution in [2.45, 2.75) is 31.3 Å². The van der Waals surface area contributed by atoms with Crippen LogP contribution in [0.1, 0.15) is 36.5 Å². The summed E-state index contributed by atoms with van der Waals surface area (Å²) in [5.74, 6) is 1.24. The number of rotatable bonds is 6. The van der Waals surface area contributed by atoms with E-state index in [9.17, 15) is 0 Å². The molecule has 0 spiro atoms. The van der Waals surface area contributed by atoms with Crippen LogP contribution < -0.4 is 9.64 Å². The van der Waals surface area contributed by atoms with E-state index in [4.69, 9.17) is 4.74 Å². The van der Waals surface area contributed by atoms with Crippen LogP contribution in [-0.4, -0.2) is 6.10 Å². The van der Waals surface area contributed by atoms with E-state index in [-0.39, 0.29) is 17.4 Å². The SMILES string of the molecule is CC1(C)c2ccccc2-c2ccc(N(c3ccc(-c4ccc5c(c4)C4C=CC=CC4O5)cc3)c3ccc(-c4ccc5ccccc5c4-c4ccccc4)cc3)cc21. The predicted octanol–water partition coefficient (Wildman–Crippen LogP) is 14.6. The molecule has 2 aliphatic carbocycles. The number of fused-ring (bicyclic) bond motifs is 7. The fourth-order valence-electron chi connectivity index (χ4n) is 9.52. The van der Waals surface area contributed by atoms with Crippen molar-refractivity contribution in [2.75, 3.05) is 4.90 Å². The van der Waals surface area contributed by atoms with E-state index in [0.717, 1.165) is 22.8 Å². The summed E-state index contributed by atoms with van der Waals surface area (Å²) >= 11 is 0. The quantitative estimate of drug-likeness (QED) is 0.169. The Labute approximate surface area is 334 Å². The van der Waals surface area contributed by atoms with Crippen LogP contribution in [-0.2, 0) is 5.41 Å². The molecule has 8 aromatic carbocycles. The number of benzene rings is 8. The zero-order valence-electron chi connectivity index (χ0n) is 32.1. The molecule has 0 saturated carbocycles. The highest BCUT2D eigenvalue weighted by Gasteiger charge is 2.36. The van der Waals surface area contributed by atoms with E-state index in [2.05, 4.69) is 219 Å². The topological polar surface area (TPSA) is 12.5 Å². The molecule has 1 heterocycles. The lowest BCUT2D eigenvalue weighted by atomic mass is 9.82. The fraction of sp³-hybridized carbons (Fsp3) is 0.0909. The first-order valence-electron chi connectivity index (χ1n) is 20.0. The highest BCUT2D eigenvalue weighted by molar-refractivity contribution is 6.04. The Morgan fingerprint density at radius 2 is 1.12 bits per heavy atom. The van der Waals surface area contributed by atoms with Gasteiger partial charge in [0.15, 0.2) is 0 Å². The van der Waals surface area contributed by atoms with Gasteiger partial charge >= 0.3 is 0 Å². The normalized spacial score (nSPS) is 16.7. The molecular formula is C55H41NO. The van der Waals surface area contributed by atoms with Crippen LogP contribution in [0.15, 0.2) is 200 Å². The van der Waals surface area contributed by atoms with Crippen LogP contribution in [0.25, 0.3) is 55.3 Å². The van der Waals surface area contributed by atoms with Gasteiger partial charge in [-0.25, -0.2) is 0 Å². The molecule has 0 aromatic heterocycles. The number of nitrogens with zero attached hydrogens (tertiary/aromatic N) is 1. The van der Waals surface area contributed by atoms with Gasteiger partial charge in [0.05, 0.1) is 0 Å². The maximum absolute atomic E-state index is 6.26. The molecule has 2 unspecified atom stereocenters. The van der Waals surface area contributed by atoms with Crippen LogP contribution >= 0.6 is 0 Å². The fourth-order valence-corrected chi connectivity index (χ4v) is 9.52. The van der Waals surface area contributed by atoms with E-state index in [1.807, 2.05) is 0 Å². The summed E-state index contributed by atoms with van der Waals surface area (Å²) in [6.07, 6.45) is 8.70. The number of anilines is 3. The van der Waals surface area contributed by atoms with Crippen molar-refractivity contribution in [3.63, 3.8) is 0 Å². The first-order valence-corrected chi connectivity index (χ1v) is 20.0. The van der Waals surface area contributed by atoms with Gasteiger partial charge in [0.25, 0.3) is 0 Å². The van der Waals surface area contributed by atoms with Gasteiger partial charge in [-0.05, 0) is 121 Å². The van der Waals surface area contributed by atoms with E-state index < -0.39 is 0 Å². The van der Waals surface area contributed by atoms with E-state index in [1.165, 1.54) is 72.0 Å². The average molecular weight is 732 g/mol. The van der Waals surface area contributed by atoms with Gasteiger partial charge in [-0.2, -0.15) is 0 Å². The molecule has 2 atom stereocenters. The molecule has 0 fully saturated rings. The summed E-state index contributed by atoms with van der Waals surface area (Å²) in [5.41, 5.74) is 17.2. The lowest BCUT2D eigenvalue weighted by Gasteiger charge is -2.28. The minimum absolute atomic E-state index is 0.0822. The van der Waals surface area contributed by atoms with Gasteiger partial charge < -0.3 is 9.64 Å². The number of hydrogen-bond acceptors (Lipinski definition) is 2. The molecule has 272 valence electrons. The third-order valence-electron chi connectivity index (χ3n) is 12.4. The Hall–Kier alpha value is -6.90. The Morgan fingerprint density at radius 3 is 1.95 bits per heavy atom. The van der Waals surface area contributed by atoms with Crippen LogP contribution in [0.2, 0.25) is 0 Å². The monoisotopic (exact) mass is 731 g/mol. The molecule has 0 radical (unpaired) electrons. The third kappa shape index (κ3) is 5.47. The second-order valence-electron chi connectivity index (χ2n) is 16.0. The van der Waals surface area contributed by atoms with Crippen molar-refractivity contribution in [2.24, 2.45) is 0 Å². The molecule has 2 nitrogen and oxygen atoms in total. The minimum Gasteiger partial charge on any atom is -0.485 e. The van der Waals surface area contributed by atoms with E-state index in [0.29, 0.717) is 0 Å². The average Bonchev–Trinajstić information content (AvgIpc) is 3.75. The highest BCUT2D eigenvalue weighted by Crippen LogP contribution is 2.51. The Bertz CT molecular complexity index is 2900. The second-order valence-corrected chi connectivity index (χ2v) is 16.0. The Kier molecular flexibility index (Phi) is 7.69. The van der Waals surface area contributed by atoms with Gasteiger partial charge in [-0.1, -0.05) is 159 Å². The Morgan fingerprint density at radius 1 is 0.474 bits per heavy atom. The van der Waals surface area contributed by atoms with Gasteiger partial charge in [0.2, 0.25) is 0 Å². The molecule has 0 saturated heterocycles. The summed E-state index contributed by atoms with van der Waals surface area (Å²) < 4.78 is 6.26. The zero-order chi connectivity index (χ0) is 38.1. The van der Waals surface area contributed by atoms with Crippen LogP contribution in [0.3, 0.4) is 0 Å². The molecule has 11 rings (SSSR count). The number of allylic oxidation sites excluding steroid dienone is 2. The van der Waals surface area contributed by atoms with Crippen molar-refractivity contribution < 1.29 is 4.74 Å². The molecule has 57 heavy (non-hydrogen) atoms. The van der Waals surface area contributed by atoms with Crippen molar-refractivity contribution in [3.8, 4) is 50.3 Å². The summed E-state index contributed by atoms with van der Waals surface area (Å²) in [4.78, 5) is 2.41. The summed E-state index contributed by atoms with van der Waals surface area (Å²) in [6, 6.07) is 64.7. The highest BCUT2D eigenvalue weighted by atomic mass is 16.5. The largest absolute Gasteiger partial charge is 0.485 e. The van der Waals surface area contributed by atoms with Crippen molar-refractivity contribution >= 4 is 27.8 Å². The molecule has 2 heteroatoms. The number of hydrogen-bond donors (Lipinski definition) is 0. The van der Waals surface area contributed by atoms with E-state index >= 15 is 0 Å². The maximum atomic E-state index is 6.26. The first kappa shape index (κ1) is 33.4. The van der Waals surface area contributed by atoms with Crippen LogP contribution in [0.5, 0.6) is 5.75 Å². The maximum Gasteiger partial charge on any atom is 0.128 e. The van der Waals surface area contributed by atoms with Crippen molar-refractivity contribution in [1.82, 2.24) is 0 Å².